The van der Waals surface area contributed by atoms with Crippen LogP contribution in [0.1, 0.15) is 40.0 Å². The monoisotopic (exact) mass is 335 g/mol. The Balaban J connectivity index is 1.79. The fraction of sp³-hybridized carbons (Fsp3) is 0.200. The molecule has 5 nitrogen and oxygen atoms in total. The van der Waals surface area contributed by atoms with Gasteiger partial charge in [0.25, 0.3) is 0 Å². The molecular formula is C20H21N3O2. The number of hydrazone groups is 1. The number of nitrogens with zero attached hydrogens (tertiary/aromatic N) is 2. The summed E-state index contributed by atoms with van der Waals surface area (Å²) in [5.74, 6) is -0.135. The number of carbonyl (C=O) groups excluding carboxylic acids is 1. The number of benzene rings is 1. The van der Waals surface area contributed by atoms with E-state index in [4.69, 9.17) is 4.42 Å². The molecule has 1 aromatic carbocycles. The molecule has 0 fully saturated rings. The van der Waals surface area contributed by atoms with Crippen LogP contribution < -0.4 is 5.43 Å². The number of furan rings is 1. The van der Waals surface area contributed by atoms with E-state index >= 15 is 0 Å². The summed E-state index contributed by atoms with van der Waals surface area (Å²) >= 11 is 0. The van der Waals surface area contributed by atoms with Crippen LogP contribution >= 0.6 is 0 Å². The zero-order valence-electron chi connectivity index (χ0n) is 14.6. The number of nitrogens with one attached hydrogen (secondary N) is 1. The van der Waals surface area contributed by atoms with E-state index in [2.05, 4.69) is 53.2 Å². The molecule has 2 heterocycles. The standard InChI is InChI=1S/C20H21N3O2/c1-4-16-7-9-18(10-8-16)23-14(2)12-17(15(23)3)13-21-22-20(24)19-6-5-11-25-19/h5-13H,4H2,1-3H3,(H,22,24)/b21-13-. The van der Waals surface area contributed by atoms with Gasteiger partial charge in [0.05, 0.1) is 12.5 Å². The van der Waals surface area contributed by atoms with Gasteiger partial charge in [0.2, 0.25) is 0 Å². The lowest BCUT2D eigenvalue weighted by Crippen LogP contribution is -2.16. The molecule has 1 amide bonds. The molecule has 3 rings (SSSR count). The summed E-state index contributed by atoms with van der Waals surface area (Å²) in [6.07, 6.45) is 4.13. The van der Waals surface area contributed by atoms with Crippen LogP contribution in [0.2, 0.25) is 0 Å². The van der Waals surface area contributed by atoms with Gasteiger partial charge >= 0.3 is 5.91 Å². The van der Waals surface area contributed by atoms with Crippen LogP contribution in [0.4, 0.5) is 0 Å². The molecule has 5 heteroatoms. The van der Waals surface area contributed by atoms with Gasteiger partial charge in [-0.1, -0.05) is 19.1 Å². The van der Waals surface area contributed by atoms with E-state index in [0.717, 1.165) is 29.1 Å². The van der Waals surface area contributed by atoms with E-state index in [1.54, 1.807) is 18.3 Å². The van der Waals surface area contributed by atoms with Gasteiger partial charge in [0.1, 0.15) is 0 Å². The quantitative estimate of drug-likeness (QED) is 0.565. The van der Waals surface area contributed by atoms with E-state index in [9.17, 15) is 4.79 Å². The molecule has 25 heavy (non-hydrogen) atoms. The minimum absolute atomic E-state index is 0.235. The highest BCUT2D eigenvalue weighted by molar-refractivity contribution is 5.92. The van der Waals surface area contributed by atoms with Gasteiger partial charge in [-0.05, 0) is 56.2 Å². The Morgan fingerprint density at radius 2 is 2.00 bits per heavy atom. The molecule has 0 unspecified atom stereocenters. The van der Waals surface area contributed by atoms with Crippen molar-refractivity contribution in [1.29, 1.82) is 0 Å². The predicted molar refractivity (Wildman–Crippen MR) is 98.4 cm³/mol. The third-order valence-electron chi connectivity index (χ3n) is 4.19. The summed E-state index contributed by atoms with van der Waals surface area (Å²) in [4.78, 5) is 11.8. The number of aryl methyl sites for hydroxylation is 2. The van der Waals surface area contributed by atoms with Crippen LogP contribution in [-0.4, -0.2) is 16.7 Å². The molecule has 0 aliphatic carbocycles. The molecule has 128 valence electrons. The third kappa shape index (κ3) is 3.55. The van der Waals surface area contributed by atoms with Gasteiger partial charge < -0.3 is 8.98 Å². The molecule has 0 spiro atoms. The first-order valence-corrected chi connectivity index (χ1v) is 8.25. The van der Waals surface area contributed by atoms with Crippen LogP contribution in [0.3, 0.4) is 0 Å². The van der Waals surface area contributed by atoms with Gasteiger partial charge in [-0.15, -0.1) is 0 Å². The molecule has 0 atom stereocenters. The Kier molecular flexibility index (Phi) is 4.84. The highest BCUT2D eigenvalue weighted by atomic mass is 16.3. The minimum atomic E-state index is -0.370. The highest BCUT2D eigenvalue weighted by Crippen LogP contribution is 2.20. The third-order valence-corrected chi connectivity index (χ3v) is 4.19. The summed E-state index contributed by atoms with van der Waals surface area (Å²) in [7, 11) is 0. The summed E-state index contributed by atoms with van der Waals surface area (Å²) < 4.78 is 7.21. The largest absolute Gasteiger partial charge is 0.459 e. The van der Waals surface area contributed by atoms with Gasteiger partial charge in [0, 0.05) is 22.6 Å². The summed E-state index contributed by atoms with van der Waals surface area (Å²) in [6.45, 7) is 6.24. The predicted octanol–water partition coefficient (Wildman–Crippen LogP) is 4.01. The number of hydrogen-bond acceptors (Lipinski definition) is 3. The van der Waals surface area contributed by atoms with Crippen molar-refractivity contribution in [2.45, 2.75) is 27.2 Å². The Hall–Kier alpha value is -3.08. The first-order valence-electron chi connectivity index (χ1n) is 8.25. The Bertz CT molecular complexity index is 888. The summed E-state index contributed by atoms with van der Waals surface area (Å²) in [6, 6.07) is 13.8. The Labute approximate surface area is 147 Å². The minimum Gasteiger partial charge on any atom is -0.459 e. The van der Waals surface area contributed by atoms with Crippen molar-refractivity contribution in [3.05, 3.63) is 77.0 Å². The summed E-state index contributed by atoms with van der Waals surface area (Å²) in [5, 5.41) is 4.04. The summed E-state index contributed by atoms with van der Waals surface area (Å²) in [5.41, 5.74) is 8.04. The molecule has 1 N–H and O–H groups in total. The van der Waals surface area contributed by atoms with Gasteiger partial charge in [0.15, 0.2) is 5.76 Å². The van der Waals surface area contributed by atoms with Crippen molar-refractivity contribution in [2.24, 2.45) is 5.10 Å². The fourth-order valence-corrected chi connectivity index (χ4v) is 2.82. The lowest BCUT2D eigenvalue weighted by molar-refractivity contribution is 0.0927. The SMILES string of the molecule is CCc1ccc(-n2c(C)cc(/C=N\NC(=O)c3ccco3)c2C)cc1. The lowest BCUT2D eigenvalue weighted by Gasteiger charge is -2.10. The van der Waals surface area contributed by atoms with E-state index in [1.165, 1.54) is 11.8 Å². The van der Waals surface area contributed by atoms with E-state index in [0.29, 0.717) is 0 Å². The molecule has 2 aromatic heterocycles. The van der Waals surface area contributed by atoms with Crippen molar-refractivity contribution in [3.8, 4) is 5.69 Å². The first kappa shape index (κ1) is 16.8. The van der Waals surface area contributed by atoms with Crippen molar-refractivity contribution >= 4 is 12.1 Å². The van der Waals surface area contributed by atoms with Gasteiger partial charge in [-0.25, -0.2) is 5.43 Å². The second-order valence-electron chi connectivity index (χ2n) is 5.86. The zero-order valence-corrected chi connectivity index (χ0v) is 14.6. The topological polar surface area (TPSA) is 59.5 Å². The number of amides is 1. The van der Waals surface area contributed by atoms with Crippen molar-refractivity contribution in [1.82, 2.24) is 9.99 Å². The maximum Gasteiger partial charge on any atom is 0.307 e. The van der Waals surface area contributed by atoms with Crippen LogP contribution in [0.25, 0.3) is 5.69 Å². The number of rotatable bonds is 5. The highest BCUT2D eigenvalue weighted by Gasteiger charge is 2.10. The van der Waals surface area contributed by atoms with Crippen LogP contribution in [0, 0.1) is 13.8 Å². The van der Waals surface area contributed by atoms with Crippen LogP contribution in [0.15, 0.2) is 58.2 Å². The maximum atomic E-state index is 11.8. The normalized spacial score (nSPS) is 11.2. The number of carbonyl (C=O) groups is 1. The smallest absolute Gasteiger partial charge is 0.307 e. The Morgan fingerprint density at radius 1 is 1.24 bits per heavy atom. The second kappa shape index (κ2) is 7.21. The molecule has 0 aliphatic rings. The zero-order chi connectivity index (χ0) is 17.8. The molecule has 0 aliphatic heterocycles. The molecular weight excluding hydrogens is 314 g/mol. The lowest BCUT2D eigenvalue weighted by atomic mass is 10.1. The van der Waals surface area contributed by atoms with E-state index in [1.807, 2.05) is 13.0 Å². The first-order chi connectivity index (χ1) is 12.1. The van der Waals surface area contributed by atoms with Crippen molar-refractivity contribution in [3.63, 3.8) is 0 Å². The van der Waals surface area contributed by atoms with Crippen molar-refractivity contribution in [2.75, 3.05) is 0 Å². The Morgan fingerprint density at radius 3 is 2.64 bits per heavy atom. The second-order valence-corrected chi connectivity index (χ2v) is 5.86. The molecule has 0 radical (unpaired) electrons. The molecule has 0 saturated heterocycles. The van der Waals surface area contributed by atoms with Gasteiger partial charge in [-0.3, -0.25) is 4.79 Å². The van der Waals surface area contributed by atoms with Crippen LogP contribution in [0.5, 0.6) is 0 Å². The molecule has 0 saturated carbocycles. The fourth-order valence-electron chi connectivity index (χ4n) is 2.82. The van der Waals surface area contributed by atoms with Crippen LogP contribution in [-0.2, 0) is 6.42 Å². The number of hydrogen-bond donors (Lipinski definition) is 1. The van der Waals surface area contributed by atoms with E-state index in [-0.39, 0.29) is 11.7 Å². The average Bonchev–Trinajstić information content (AvgIpc) is 3.24. The molecule has 0 bridgehead atoms. The average molecular weight is 335 g/mol. The van der Waals surface area contributed by atoms with E-state index < -0.39 is 0 Å². The molecule has 3 aromatic rings. The maximum absolute atomic E-state index is 11.8. The number of aromatic nitrogens is 1. The van der Waals surface area contributed by atoms with Gasteiger partial charge in [-0.2, -0.15) is 5.10 Å². The van der Waals surface area contributed by atoms with Crippen molar-refractivity contribution < 1.29 is 9.21 Å².